The summed E-state index contributed by atoms with van der Waals surface area (Å²) in [6, 6.07) is 0. The Morgan fingerprint density at radius 1 is 1.44 bits per heavy atom. The third-order valence-electron chi connectivity index (χ3n) is 2.00. The lowest BCUT2D eigenvalue weighted by Crippen LogP contribution is -2.12. The molecule has 6 heteroatoms. The highest BCUT2D eigenvalue weighted by Gasteiger charge is 2.19. The van der Waals surface area contributed by atoms with E-state index in [1.165, 1.54) is 0 Å². The van der Waals surface area contributed by atoms with Crippen molar-refractivity contribution in [2.24, 2.45) is 0 Å². The van der Waals surface area contributed by atoms with Gasteiger partial charge in [0.25, 0.3) is 0 Å². The number of rotatable bonds is 5. The van der Waals surface area contributed by atoms with Gasteiger partial charge >= 0.3 is 5.97 Å². The predicted octanol–water partition coefficient (Wildman–Crippen LogP) is 1.87. The first kappa shape index (κ1) is 12.9. The number of nitrogens with one attached hydrogen (secondary N) is 1. The van der Waals surface area contributed by atoms with E-state index in [9.17, 15) is 9.59 Å². The highest BCUT2D eigenvalue weighted by atomic mass is 79.9. The van der Waals surface area contributed by atoms with Crippen LogP contribution in [0.1, 0.15) is 36.5 Å². The van der Waals surface area contributed by atoms with E-state index in [1.54, 1.807) is 6.92 Å². The Labute approximate surface area is 102 Å². The Balaban J connectivity index is 2.73. The Morgan fingerprint density at radius 2 is 2.12 bits per heavy atom. The second-order valence-electron chi connectivity index (χ2n) is 3.12. The molecule has 1 N–H and O–H groups in total. The molecule has 1 aromatic rings. The number of ketones is 1. The minimum Gasteiger partial charge on any atom is -0.466 e. The molecule has 0 radical (unpaired) electrons. The number of halogens is 1. The zero-order valence-corrected chi connectivity index (χ0v) is 10.8. The molecule has 0 aliphatic rings. The Kier molecular flexibility index (Phi) is 4.67. The van der Waals surface area contributed by atoms with E-state index < -0.39 is 5.97 Å². The molecule has 1 aromatic heterocycles. The maximum atomic E-state index is 11.7. The van der Waals surface area contributed by atoms with E-state index >= 15 is 0 Å². The molecule has 0 aromatic carbocycles. The first-order valence-corrected chi connectivity index (χ1v) is 5.81. The van der Waals surface area contributed by atoms with E-state index in [2.05, 4.69) is 26.1 Å². The lowest BCUT2D eigenvalue weighted by molar-refractivity contribution is -0.141. The number of hydrogen-bond donors (Lipinski definition) is 1. The summed E-state index contributed by atoms with van der Waals surface area (Å²) in [5, 5.41) is 6.61. The molecule has 0 aliphatic heterocycles. The molecular weight excluding hydrogens is 276 g/mol. The minimum atomic E-state index is -0.527. The van der Waals surface area contributed by atoms with Gasteiger partial charge in [-0.2, -0.15) is 5.10 Å². The van der Waals surface area contributed by atoms with Crippen LogP contribution in [0.4, 0.5) is 0 Å². The van der Waals surface area contributed by atoms with E-state index in [0.29, 0.717) is 4.47 Å². The fourth-order valence-electron chi connectivity index (χ4n) is 1.21. The number of aromatic amines is 1. The van der Waals surface area contributed by atoms with Crippen molar-refractivity contribution in [3.63, 3.8) is 0 Å². The summed E-state index contributed by atoms with van der Waals surface area (Å²) >= 11 is 3.27. The van der Waals surface area contributed by atoms with Crippen LogP contribution in [0.3, 0.4) is 0 Å². The molecule has 5 nitrogen and oxygen atoms in total. The fraction of sp³-hybridized carbons (Fsp3) is 0.500. The smallest absolute Gasteiger partial charge is 0.313 e. The first-order chi connectivity index (χ1) is 7.60. The molecule has 0 saturated heterocycles. The molecule has 0 atom stereocenters. The van der Waals surface area contributed by atoms with Crippen molar-refractivity contribution in [2.45, 2.75) is 26.7 Å². The molecule has 1 heterocycles. The van der Waals surface area contributed by atoms with Gasteiger partial charge in [0.15, 0.2) is 5.78 Å². The monoisotopic (exact) mass is 288 g/mol. The predicted molar refractivity (Wildman–Crippen MR) is 61.2 cm³/mol. The number of nitrogens with zero attached hydrogens (tertiary/aromatic N) is 1. The Hall–Kier alpha value is -1.17. The molecule has 88 valence electrons. The van der Waals surface area contributed by atoms with E-state index in [-0.39, 0.29) is 24.5 Å². The van der Waals surface area contributed by atoms with Crippen LogP contribution in [-0.4, -0.2) is 28.6 Å². The van der Waals surface area contributed by atoms with Crippen LogP contribution in [0.15, 0.2) is 4.47 Å². The summed E-state index contributed by atoms with van der Waals surface area (Å²) in [5.41, 5.74) is 1.09. The van der Waals surface area contributed by atoms with Crippen molar-refractivity contribution in [1.82, 2.24) is 10.2 Å². The Bertz CT molecular complexity index is 401. The van der Waals surface area contributed by atoms with Crippen molar-refractivity contribution < 1.29 is 14.3 Å². The summed E-state index contributed by atoms with van der Waals surface area (Å²) in [7, 11) is 0. The maximum Gasteiger partial charge on any atom is 0.313 e. The number of aromatic nitrogens is 2. The zero-order chi connectivity index (χ0) is 12.1. The van der Waals surface area contributed by atoms with Gasteiger partial charge in [-0.25, -0.2) is 0 Å². The number of Topliss-reactive ketones (excluding diaryl/α,β-unsaturated/α-hetero) is 1. The average molecular weight is 289 g/mol. The molecule has 0 aliphatic carbocycles. The lowest BCUT2D eigenvalue weighted by atomic mass is 10.2. The molecular formula is C10H13BrN2O3. The number of carbonyl (C=O) groups is 2. The quantitative estimate of drug-likeness (QED) is 0.510. The third kappa shape index (κ3) is 2.91. The van der Waals surface area contributed by atoms with E-state index in [4.69, 9.17) is 4.74 Å². The average Bonchev–Trinajstić information content (AvgIpc) is 2.59. The summed E-state index contributed by atoms with van der Waals surface area (Å²) in [6.45, 7) is 3.91. The van der Waals surface area contributed by atoms with Crippen molar-refractivity contribution in [1.29, 1.82) is 0 Å². The molecule has 1 rings (SSSR count). The highest BCUT2D eigenvalue weighted by molar-refractivity contribution is 9.10. The van der Waals surface area contributed by atoms with Crippen molar-refractivity contribution in [3.05, 3.63) is 15.9 Å². The molecule has 0 fully saturated rings. The number of aryl methyl sites for hydroxylation is 1. The number of esters is 1. The topological polar surface area (TPSA) is 72.1 Å². The molecule has 0 bridgehead atoms. The van der Waals surface area contributed by atoms with Crippen molar-refractivity contribution in [3.8, 4) is 0 Å². The van der Waals surface area contributed by atoms with Crippen molar-refractivity contribution >= 4 is 27.7 Å². The minimum absolute atomic E-state index is 0.255. The SMILES string of the molecule is CCOC(=O)CC(=O)c1n[nH]c(CC)c1Br. The third-order valence-corrected chi connectivity index (χ3v) is 2.86. The molecule has 0 unspecified atom stereocenters. The number of ether oxygens (including phenoxy) is 1. The van der Waals surface area contributed by atoms with Gasteiger partial charge in [-0.15, -0.1) is 0 Å². The zero-order valence-electron chi connectivity index (χ0n) is 9.17. The second-order valence-corrected chi connectivity index (χ2v) is 3.92. The van der Waals surface area contributed by atoms with Crippen LogP contribution in [0.5, 0.6) is 0 Å². The molecule has 0 amide bonds. The van der Waals surface area contributed by atoms with Gasteiger partial charge in [0.05, 0.1) is 11.1 Å². The van der Waals surface area contributed by atoms with Gasteiger partial charge < -0.3 is 4.74 Å². The van der Waals surface area contributed by atoms with Crippen LogP contribution in [-0.2, 0) is 16.0 Å². The van der Waals surface area contributed by atoms with Crippen LogP contribution in [0.25, 0.3) is 0 Å². The van der Waals surface area contributed by atoms with Gasteiger partial charge in [0.2, 0.25) is 0 Å². The highest BCUT2D eigenvalue weighted by Crippen LogP contribution is 2.20. The maximum absolute atomic E-state index is 11.7. The van der Waals surface area contributed by atoms with Crippen LogP contribution >= 0.6 is 15.9 Å². The van der Waals surface area contributed by atoms with Crippen LogP contribution in [0, 0.1) is 0 Å². The summed E-state index contributed by atoms with van der Waals surface area (Å²) in [5.74, 6) is -0.873. The van der Waals surface area contributed by atoms with Crippen molar-refractivity contribution in [2.75, 3.05) is 6.61 Å². The van der Waals surface area contributed by atoms with E-state index in [0.717, 1.165) is 12.1 Å². The lowest BCUT2D eigenvalue weighted by Gasteiger charge is -1.99. The summed E-state index contributed by atoms with van der Waals surface area (Å²) in [4.78, 5) is 22.8. The molecule has 0 spiro atoms. The van der Waals surface area contributed by atoms with Gasteiger partial charge in [-0.1, -0.05) is 6.92 Å². The number of carbonyl (C=O) groups excluding carboxylic acids is 2. The summed E-state index contributed by atoms with van der Waals surface area (Å²) in [6.07, 6.45) is 0.459. The van der Waals surface area contributed by atoms with Crippen LogP contribution in [0.2, 0.25) is 0 Å². The molecule has 16 heavy (non-hydrogen) atoms. The standard InChI is InChI=1S/C10H13BrN2O3/c1-3-6-9(11)10(13-12-6)7(14)5-8(15)16-4-2/h3-5H2,1-2H3,(H,12,13). The second kappa shape index (κ2) is 5.79. The fourth-order valence-corrected chi connectivity index (χ4v) is 1.89. The Morgan fingerprint density at radius 3 is 2.62 bits per heavy atom. The number of hydrogen-bond acceptors (Lipinski definition) is 4. The normalized spacial score (nSPS) is 10.2. The van der Waals surface area contributed by atoms with E-state index in [1.807, 2.05) is 6.92 Å². The molecule has 0 saturated carbocycles. The van der Waals surface area contributed by atoms with Gasteiger partial charge in [0, 0.05) is 5.69 Å². The van der Waals surface area contributed by atoms with Gasteiger partial charge in [-0.3, -0.25) is 14.7 Å². The van der Waals surface area contributed by atoms with Gasteiger partial charge in [-0.05, 0) is 29.3 Å². The number of H-pyrrole nitrogens is 1. The van der Waals surface area contributed by atoms with Gasteiger partial charge in [0.1, 0.15) is 12.1 Å². The summed E-state index contributed by atoms with van der Waals surface area (Å²) < 4.78 is 5.32. The first-order valence-electron chi connectivity index (χ1n) is 5.01. The van der Waals surface area contributed by atoms with Crippen LogP contribution < -0.4 is 0 Å². The largest absolute Gasteiger partial charge is 0.466 e.